The second-order valence-electron chi connectivity index (χ2n) is 10.0. The van der Waals surface area contributed by atoms with E-state index in [1.165, 1.54) is 18.5 Å². The Morgan fingerprint density at radius 1 is 1.26 bits per heavy atom. The van der Waals surface area contributed by atoms with Crippen molar-refractivity contribution in [3.05, 3.63) is 29.6 Å². The van der Waals surface area contributed by atoms with E-state index in [9.17, 15) is 22.4 Å². The summed E-state index contributed by atoms with van der Waals surface area (Å²) >= 11 is 0. The third-order valence-corrected chi connectivity index (χ3v) is 7.86. The Morgan fingerprint density at radius 2 is 1.95 bits per heavy atom. The third kappa shape index (κ3) is 8.46. The van der Waals surface area contributed by atoms with Crippen LogP contribution in [0.25, 0.3) is 0 Å². The highest BCUT2D eigenvalue weighted by molar-refractivity contribution is 7.90. The van der Waals surface area contributed by atoms with Crippen molar-refractivity contribution >= 4 is 34.3 Å². The second kappa shape index (κ2) is 12.9. The van der Waals surface area contributed by atoms with E-state index in [2.05, 4.69) is 9.98 Å². The van der Waals surface area contributed by atoms with E-state index in [1.807, 2.05) is 32.4 Å². The van der Waals surface area contributed by atoms with Crippen LogP contribution in [0.4, 0.5) is 9.18 Å². The van der Waals surface area contributed by atoms with E-state index in [1.54, 1.807) is 17.9 Å². The lowest BCUT2D eigenvalue weighted by atomic mass is 9.97. The molecular weight excluding hydrogens is 531 g/mol. The van der Waals surface area contributed by atoms with Crippen LogP contribution in [-0.2, 0) is 30.7 Å². The van der Waals surface area contributed by atoms with Gasteiger partial charge in [-0.3, -0.25) is 9.52 Å². The smallest absolute Gasteiger partial charge is 0.410 e. The molecule has 2 atom stereocenters. The standard InChI is InChI=1S/C26H37FN4O7S/c1-6-23(32)30-39(34,35)14-11-19-7-8-22(21(27)15-19)37-24-18(4)26(5,29-16-28-24)38-20-9-12-31(13-10-20)25(33)36-17(2)3/h7-8,15-18,20H,6,9-14H2,1-5H3,(H,30,32). The number of benzene rings is 1. The van der Waals surface area contributed by atoms with Crippen molar-refractivity contribution < 1.29 is 36.6 Å². The summed E-state index contributed by atoms with van der Waals surface area (Å²) in [4.78, 5) is 33.8. The van der Waals surface area contributed by atoms with Crippen molar-refractivity contribution in [2.75, 3.05) is 18.8 Å². The lowest BCUT2D eigenvalue weighted by Gasteiger charge is -2.39. The summed E-state index contributed by atoms with van der Waals surface area (Å²) in [7, 11) is -3.81. The van der Waals surface area contributed by atoms with E-state index in [0.717, 1.165) is 0 Å². The van der Waals surface area contributed by atoms with Gasteiger partial charge in [0.15, 0.2) is 17.3 Å². The second-order valence-corrected chi connectivity index (χ2v) is 11.9. The number of halogens is 1. The van der Waals surface area contributed by atoms with Crippen LogP contribution in [0.5, 0.6) is 5.75 Å². The molecule has 11 nitrogen and oxygen atoms in total. The van der Waals surface area contributed by atoms with E-state index in [4.69, 9.17) is 14.2 Å². The van der Waals surface area contributed by atoms with Crippen molar-refractivity contribution in [1.82, 2.24) is 9.62 Å². The van der Waals surface area contributed by atoms with Crippen LogP contribution in [0.15, 0.2) is 28.2 Å². The molecule has 3 rings (SSSR count). The van der Waals surface area contributed by atoms with Gasteiger partial charge in [0.05, 0.1) is 23.9 Å². The lowest BCUT2D eigenvalue weighted by molar-refractivity contribution is -0.119. The summed E-state index contributed by atoms with van der Waals surface area (Å²) in [6, 6.07) is 4.17. The SMILES string of the molecule is CCC(=O)NS(=O)(=O)CCc1ccc(OC2=NC=NC(C)(OC3CCN(C(=O)OC(C)C)CC3)C2C)c(F)c1. The first-order valence-corrected chi connectivity index (χ1v) is 14.7. The highest BCUT2D eigenvalue weighted by Gasteiger charge is 2.41. The number of nitrogens with one attached hydrogen (secondary N) is 1. The molecule has 0 aliphatic carbocycles. The predicted molar refractivity (Wildman–Crippen MR) is 144 cm³/mol. The molecular formula is C26H37FN4O7S. The van der Waals surface area contributed by atoms with Gasteiger partial charge >= 0.3 is 6.09 Å². The highest BCUT2D eigenvalue weighted by atomic mass is 32.2. The van der Waals surface area contributed by atoms with Crippen LogP contribution in [-0.4, -0.2) is 74.3 Å². The number of amides is 2. The Bertz CT molecular complexity index is 1210. The predicted octanol–water partition coefficient (Wildman–Crippen LogP) is 3.42. The number of aliphatic imine (C=N–C) groups is 2. The largest absolute Gasteiger partial charge is 0.447 e. The maximum atomic E-state index is 14.9. The molecule has 2 amide bonds. The molecule has 1 N–H and O–H groups in total. The fourth-order valence-electron chi connectivity index (χ4n) is 4.11. The number of likely N-dealkylation sites (tertiary alicyclic amines) is 1. The van der Waals surface area contributed by atoms with Crippen molar-refractivity contribution in [1.29, 1.82) is 0 Å². The average molecular weight is 569 g/mol. The molecule has 0 spiro atoms. The molecule has 2 aliphatic heterocycles. The van der Waals surface area contributed by atoms with Gasteiger partial charge in [0.2, 0.25) is 21.8 Å². The summed E-state index contributed by atoms with van der Waals surface area (Å²) in [6.45, 7) is 9.81. The van der Waals surface area contributed by atoms with Crippen LogP contribution in [0.2, 0.25) is 0 Å². The molecule has 0 aromatic heterocycles. The number of rotatable bonds is 9. The Hall–Kier alpha value is -3.06. The van der Waals surface area contributed by atoms with Gasteiger partial charge in [-0.15, -0.1) is 0 Å². The normalized spacial score (nSPS) is 22.0. The quantitative estimate of drug-likeness (QED) is 0.482. The monoisotopic (exact) mass is 568 g/mol. The number of sulfonamides is 1. The summed E-state index contributed by atoms with van der Waals surface area (Å²) in [5.41, 5.74) is -0.568. The molecule has 0 bridgehead atoms. The number of carbonyl (C=O) groups excluding carboxylic acids is 2. The Balaban J connectivity index is 1.57. The van der Waals surface area contributed by atoms with Crippen LogP contribution in [0, 0.1) is 11.7 Å². The Morgan fingerprint density at radius 3 is 2.56 bits per heavy atom. The summed E-state index contributed by atoms with van der Waals surface area (Å²) < 4.78 is 58.2. The Kier molecular flexibility index (Phi) is 10.1. The minimum absolute atomic E-state index is 0.0213. The van der Waals surface area contributed by atoms with E-state index in [0.29, 0.717) is 31.5 Å². The molecule has 1 aromatic carbocycles. The molecule has 0 saturated carbocycles. The highest BCUT2D eigenvalue weighted by Crippen LogP contribution is 2.32. The van der Waals surface area contributed by atoms with E-state index in [-0.39, 0.29) is 48.5 Å². The third-order valence-electron chi connectivity index (χ3n) is 6.58. The topological polar surface area (TPSA) is 136 Å². The maximum Gasteiger partial charge on any atom is 0.410 e. The molecule has 13 heteroatoms. The molecule has 2 aliphatic rings. The van der Waals surface area contributed by atoms with Crippen LogP contribution in [0.3, 0.4) is 0 Å². The number of hydrogen-bond donors (Lipinski definition) is 1. The first-order chi connectivity index (χ1) is 18.3. The number of hydrogen-bond acceptors (Lipinski definition) is 9. The first-order valence-electron chi connectivity index (χ1n) is 13.1. The minimum Gasteiger partial charge on any atom is -0.447 e. The fraction of sp³-hybridized carbons (Fsp3) is 0.615. The van der Waals surface area contributed by atoms with Crippen molar-refractivity contribution in [2.45, 2.75) is 78.2 Å². The van der Waals surface area contributed by atoms with Gasteiger partial charge in [-0.1, -0.05) is 13.0 Å². The molecule has 2 heterocycles. The molecule has 216 valence electrons. The number of ether oxygens (including phenoxy) is 3. The first kappa shape index (κ1) is 30.5. The van der Waals surface area contributed by atoms with Gasteiger partial charge < -0.3 is 19.1 Å². The Labute approximate surface area is 228 Å². The molecule has 39 heavy (non-hydrogen) atoms. The van der Waals surface area contributed by atoms with E-state index >= 15 is 0 Å². The molecule has 1 saturated heterocycles. The number of piperidine rings is 1. The average Bonchev–Trinajstić information content (AvgIpc) is 2.86. The van der Waals surface area contributed by atoms with E-state index < -0.39 is 33.4 Å². The van der Waals surface area contributed by atoms with Crippen molar-refractivity contribution in [3.63, 3.8) is 0 Å². The van der Waals surface area contributed by atoms with Crippen LogP contribution >= 0.6 is 0 Å². The number of carbonyl (C=O) groups is 2. The van der Waals surface area contributed by atoms with Crippen LogP contribution < -0.4 is 9.46 Å². The van der Waals surface area contributed by atoms with Gasteiger partial charge in [-0.05, 0) is 64.7 Å². The van der Waals surface area contributed by atoms with Gasteiger partial charge in [-0.2, -0.15) is 0 Å². The van der Waals surface area contributed by atoms with Crippen molar-refractivity contribution in [3.8, 4) is 5.75 Å². The molecule has 0 radical (unpaired) electrons. The van der Waals surface area contributed by atoms with Gasteiger partial charge in [-0.25, -0.2) is 27.6 Å². The molecule has 1 fully saturated rings. The molecule has 2 unspecified atom stereocenters. The lowest BCUT2D eigenvalue weighted by Crippen LogP contribution is -2.48. The zero-order valence-electron chi connectivity index (χ0n) is 23.0. The van der Waals surface area contributed by atoms with Crippen LogP contribution in [0.1, 0.15) is 59.4 Å². The summed E-state index contributed by atoms with van der Waals surface area (Å²) in [6.07, 6.45) is 1.96. The van der Waals surface area contributed by atoms with Gasteiger partial charge in [0.1, 0.15) is 6.34 Å². The minimum atomic E-state index is -3.81. The molecule has 1 aromatic rings. The van der Waals surface area contributed by atoms with Crippen molar-refractivity contribution in [2.24, 2.45) is 15.9 Å². The zero-order valence-corrected chi connectivity index (χ0v) is 23.8. The zero-order chi connectivity index (χ0) is 28.8. The van der Waals surface area contributed by atoms with Gasteiger partial charge in [0, 0.05) is 19.5 Å². The number of nitrogens with zero attached hydrogens (tertiary/aromatic N) is 3. The fourth-order valence-corrected chi connectivity index (χ4v) is 5.21. The summed E-state index contributed by atoms with van der Waals surface area (Å²) in [5.74, 6) is -1.92. The van der Waals surface area contributed by atoms with Gasteiger partial charge in [0.25, 0.3) is 0 Å². The number of aryl methyl sites for hydroxylation is 1. The summed E-state index contributed by atoms with van der Waals surface area (Å²) in [5, 5.41) is 0. The maximum absolute atomic E-state index is 14.9.